The van der Waals surface area contributed by atoms with Gasteiger partial charge in [0.1, 0.15) is 0 Å². The van der Waals surface area contributed by atoms with Gasteiger partial charge in [0.2, 0.25) is 0 Å². The van der Waals surface area contributed by atoms with Crippen LogP contribution in [0.4, 0.5) is 0 Å². The van der Waals surface area contributed by atoms with Crippen molar-refractivity contribution in [2.45, 2.75) is 59.0 Å². The lowest BCUT2D eigenvalue weighted by molar-refractivity contribution is 0.0534. The summed E-state index contributed by atoms with van der Waals surface area (Å²) in [5.74, 6) is 0.871. The Morgan fingerprint density at radius 1 is 1.06 bits per heavy atom. The summed E-state index contributed by atoms with van der Waals surface area (Å²) in [6.45, 7) is 11.1. The van der Waals surface area contributed by atoms with Gasteiger partial charge in [0, 0.05) is 13.1 Å². The molecule has 2 aliphatic rings. The fraction of sp³-hybridized carbons (Fsp3) is 1.00. The highest BCUT2D eigenvalue weighted by Crippen LogP contribution is 2.33. The Morgan fingerprint density at radius 3 is 2.56 bits per heavy atom. The Balaban J connectivity index is 2.01. The molecule has 2 fully saturated rings. The van der Waals surface area contributed by atoms with Crippen LogP contribution in [0, 0.1) is 11.3 Å². The van der Waals surface area contributed by atoms with Gasteiger partial charge in [-0.05, 0) is 37.1 Å². The molecule has 94 valence electrons. The Bertz CT molecular complexity index is 219. The van der Waals surface area contributed by atoms with Gasteiger partial charge < -0.3 is 5.32 Å². The molecule has 2 unspecified atom stereocenters. The maximum Gasteiger partial charge on any atom is 0.0597 e. The van der Waals surface area contributed by atoms with Crippen molar-refractivity contribution in [1.29, 1.82) is 0 Å². The summed E-state index contributed by atoms with van der Waals surface area (Å²) in [6.07, 6.45) is 7.62. The molecule has 2 heteroatoms. The van der Waals surface area contributed by atoms with E-state index < -0.39 is 0 Å². The van der Waals surface area contributed by atoms with E-state index in [0.717, 1.165) is 5.92 Å². The smallest absolute Gasteiger partial charge is 0.0597 e. The van der Waals surface area contributed by atoms with Crippen LogP contribution in [0.25, 0.3) is 0 Å². The minimum Gasteiger partial charge on any atom is -0.302 e. The average Bonchev–Trinajstić information content (AvgIpc) is 2.17. The number of fused-ring (bicyclic) bond motifs is 1. The van der Waals surface area contributed by atoms with Crippen molar-refractivity contribution in [3.63, 3.8) is 0 Å². The van der Waals surface area contributed by atoms with Gasteiger partial charge in [-0.1, -0.05) is 33.6 Å². The summed E-state index contributed by atoms with van der Waals surface area (Å²) in [4.78, 5) is 2.71. The lowest BCUT2D eigenvalue weighted by Gasteiger charge is -2.43. The predicted molar refractivity (Wildman–Crippen MR) is 69.4 cm³/mol. The zero-order valence-corrected chi connectivity index (χ0v) is 11.3. The van der Waals surface area contributed by atoms with Crippen molar-refractivity contribution < 1.29 is 0 Å². The van der Waals surface area contributed by atoms with E-state index in [1.165, 1.54) is 51.7 Å². The van der Waals surface area contributed by atoms with Crippen LogP contribution in [0.1, 0.15) is 52.9 Å². The fourth-order valence-corrected chi connectivity index (χ4v) is 3.15. The largest absolute Gasteiger partial charge is 0.302 e. The third-order valence-electron chi connectivity index (χ3n) is 4.40. The van der Waals surface area contributed by atoms with Gasteiger partial charge in [-0.25, -0.2) is 0 Å². The Kier molecular flexibility index (Phi) is 3.91. The number of nitrogens with one attached hydrogen (secondary N) is 1. The first-order chi connectivity index (χ1) is 7.57. The maximum atomic E-state index is 3.69. The van der Waals surface area contributed by atoms with E-state index in [4.69, 9.17) is 0 Å². The van der Waals surface area contributed by atoms with Crippen LogP contribution in [0.3, 0.4) is 0 Å². The standard InChI is InChI=1S/C14H28N2/c1-14(2,3)12-7-4-5-8-13-15-9-6-10-16(13)11-12/h12-13,15H,4-11H2,1-3H3. The molecule has 0 aromatic carbocycles. The van der Waals surface area contributed by atoms with E-state index in [1.54, 1.807) is 0 Å². The first-order valence-electron chi connectivity index (χ1n) is 7.05. The highest BCUT2D eigenvalue weighted by molar-refractivity contribution is 4.84. The van der Waals surface area contributed by atoms with Gasteiger partial charge in [0.25, 0.3) is 0 Å². The van der Waals surface area contributed by atoms with E-state index in [1.807, 2.05) is 0 Å². The molecule has 2 nitrogen and oxygen atoms in total. The van der Waals surface area contributed by atoms with Crippen LogP contribution in [0.2, 0.25) is 0 Å². The third kappa shape index (κ3) is 2.98. The number of hydrogen-bond donors (Lipinski definition) is 1. The molecule has 0 aromatic heterocycles. The Labute approximate surface area is 101 Å². The summed E-state index contributed by atoms with van der Waals surface area (Å²) in [5, 5.41) is 3.69. The monoisotopic (exact) mass is 224 g/mol. The Morgan fingerprint density at radius 2 is 1.81 bits per heavy atom. The molecule has 0 aromatic rings. The van der Waals surface area contributed by atoms with Crippen LogP contribution in [-0.4, -0.2) is 30.7 Å². The average molecular weight is 224 g/mol. The molecule has 2 aliphatic heterocycles. The molecule has 2 saturated heterocycles. The molecule has 0 aliphatic carbocycles. The Hall–Kier alpha value is -0.0800. The molecule has 16 heavy (non-hydrogen) atoms. The second-order valence-electron chi connectivity index (χ2n) is 6.67. The molecule has 0 spiro atoms. The summed E-state index contributed by atoms with van der Waals surface area (Å²) in [6, 6.07) is 0. The molecule has 2 rings (SSSR count). The molecule has 0 bridgehead atoms. The molecule has 0 saturated carbocycles. The van der Waals surface area contributed by atoms with E-state index in [9.17, 15) is 0 Å². The van der Waals surface area contributed by atoms with Crippen molar-refractivity contribution in [1.82, 2.24) is 10.2 Å². The SMILES string of the molecule is CC(C)(C)C1CCCCC2NCCCN2C1. The molecule has 1 N–H and O–H groups in total. The van der Waals surface area contributed by atoms with Crippen molar-refractivity contribution in [2.24, 2.45) is 11.3 Å². The summed E-state index contributed by atoms with van der Waals surface area (Å²) in [7, 11) is 0. The van der Waals surface area contributed by atoms with Crippen molar-refractivity contribution in [3.05, 3.63) is 0 Å². The number of hydrogen-bond acceptors (Lipinski definition) is 2. The maximum absolute atomic E-state index is 3.69. The zero-order valence-electron chi connectivity index (χ0n) is 11.3. The highest BCUT2D eigenvalue weighted by Gasteiger charge is 2.31. The first kappa shape index (κ1) is 12.4. The summed E-state index contributed by atoms with van der Waals surface area (Å²) < 4.78 is 0. The minimum absolute atomic E-state index is 0.472. The second-order valence-corrected chi connectivity index (χ2v) is 6.67. The van der Waals surface area contributed by atoms with Gasteiger partial charge in [0.15, 0.2) is 0 Å². The number of nitrogens with zero attached hydrogens (tertiary/aromatic N) is 1. The molecular formula is C14H28N2. The fourth-order valence-electron chi connectivity index (χ4n) is 3.15. The van der Waals surface area contributed by atoms with E-state index in [2.05, 4.69) is 31.0 Å². The lowest BCUT2D eigenvalue weighted by Crippen LogP contribution is -2.54. The van der Waals surface area contributed by atoms with E-state index in [-0.39, 0.29) is 0 Å². The van der Waals surface area contributed by atoms with E-state index in [0.29, 0.717) is 11.6 Å². The molecule has 0 amide bonds. The van der Waals surface area contributed by atoms with E-state index >= 15 is 0 Å². The highest BCUT2D eigenvalue weighted by atomic mass is 15.3. The third-order valence-corrected chi connectivity index (χ3v) is 4.40. The summed E-state index contributed by atoms with van der Waals surface area (Å²) >= 11 is 0. The van der Waals surface area contributed by atoms with Crippen LogP contribution in [0.15, 0.2) is 0 Å². The molecular weight excluding hydrogens is 196 g/mol. The van der Waals surface area contributed by atoms with Crippen LogP contribution in [-0.2, 0) is 0 Å². The van der Waals surface area contributed by atoms with Crippen LogP contribution < -0.4 is 5.32 Å². The second kappa shape index (κ2) is 5.05. The topological polar surface area (TPSA) is 15.3 Å². The lowest BCUT2D eigenvalue weighted by atomic mass is 9.76. The minimum atomic E-state index is 0.472. The normalized spacial score (nSPS) is 33.9. The quantitative estimate of drug-likeness (QED) is 0.680. The van der Waals surface area contributed by atoms with Crippen LogP contribution in [0.5, 0.6) is 0 Å². The molecule has 0 radical (unpaired) electrons. The van der Waals surface area contributed by atoms with Crippen LogP contribution >= 0.6 is 0 Å². The predicted octanol–water partition coefficient (Wildman–Crippen LogP) is 2.84. The van der Waals surface area contributed by atoms with Gasteiger partial charge in [-0.2, -0.15) is 0 Å². The molecule has 2 heterocycles. The van der Waals surface area contributed by atoms with Gasteiger partial charge in [0.05, 0.1) is 6.17 Å². The van der Waals surface area contributed by atoms with Gasteiger partial charge in [-0.15, -0.1) is 0 Å². The van der Waals surface area contributed by atoms with Gasteiger partial charge in [-0.3, -0.25) is 4.90 Å². The zero-order chi connectivity index (χ0) is 11.6. The van der Waals surface area contributed by atoms with Gasteiger partial charge >= 0.3 is 0 Å². The molecule has 2 atom stereocenters. The van der Waals surface area contributed by atoms with Crippen molar-refractivity contribution >= 4 is 0 Å². The number of rotatable bonds is 0. The first-order valence-corrected chi connectivity index (χ1v) is 7.05. The van der Waals surface area contributed by atoms with Crippen molar-refractivity contribution in [2.75, 3.05) is 19.6 Å². The summed E-state index contributed by atoms with van der Waals surface area (Å²) in [5.41, 5.74) is 0.472. The van der Waals surface area contributed by atoms with Crippen molar-refractivity contribution in [3.8, 4) is 0 Å².